The molecule has 1 aliphatic rings. The van der Waals surface area contributed by atoms with Crippen LogP contribution in [0, 0.1) is 0 Å². The Bertz CT molecular complexity index is 291. The van der Waals surface area contributed by atoms with Gasteiger partial charge in [0.2, 0.25) is 0 Å². The van der Waals surface area contributed by atoms with E-state index in [9.17, 15) is 0 Å². The van der Waals surface area contributed by atoms with Crippen molar-refractivity contribution in [3.8, 4) is 5.75 Å². The van der Waals surface area contributed by atoms with Gasteiger partial charge in [0.1, 0.15) is 11.8 Å². The second-order valence-electron chi connectivity index (χ2n) is 4.04. The van der Waals surface area contributed by atoms with Crippen LogP contribution in [-0.2, 0) is 0 Å². The van der Waals surface area contributed by atoms with Gasteiger partial charge in [0, 0.05) is 18.5 Å². The molecule has 3 nitrogen and oxygen atoms in total. The molecule has 1 atom stereocenters. The van der Waals surface area contributed by atoms with Crippen molar-refractivity contribution < 1.29 is 10.1 Å². The van der Waals surface area contributed by atoms with Gasteiger partial charge in [0.25, 0.3) is 0 Å². The van der Waals surface area contributed by atoms with Crippen LogP contribution in [0.4, 0.5) is 5.69 Å². The monoisotopic (exact) mass is 207 g/mol. The molecule has 1 heterocycles. The van der Waals surface area contributed by atoms with Crippen molar-refractivity contribution in [1.29, 1.82) is 0 Å². The summed E-state index contributed by atoms with van der Waals surface area (Å²) in [7, 11) is 1.69. The van der Waals surface area contributed by atoms with Gasteiger partial charge in [-0.3, -0.25) is 0 Å². The number of hydrogen-bond donors (Lipinski definition) is 2. The summed E-state index contributed by atoms with van der Waals surface area (Å²) in [5.74, 6) is 0.910. The molecule has 82 valence electrons. The first-order valence-electron chi connectivity index (χ1n) is 5.60. The van der Waals surface area contributed by atoms with Gasteiger partial charge < -0.3 is 15.4 Å². The summed E-state index contributed by atoms with van der Waals surface area (Å²) >= 11 is 0. The Balaban J connectivity index is 1.82. The molecule has 2 rings (SSSR count). The van der Waals surface area contributed by atoms with Crippen LogP contribution in [0.25, 0.3) is 0 Å². The molecular formula is C12H19N2O+. The van der Waals surface area contributed by atoms with Gasteiger partial charge in [-0.05, 0) is 24.3 Å². The second kappa shape index (κ2) is 5.03. The summed E-state index contributed by atoms with van der Waals surface area (Å²) in [4.78, 5) is 0. The van der Waals surface area contributed by atoms with E-state index in [-0.39, 0.29) is 0 Å². The van der Waals surface area contributed by atoms with Gasteiger partial charge in [-0.15, -0.1) is 0 Å². The summed E-state index contributed by atoms with van der Waals surface area (Å²) in [6.45, 7) is 2.35. The first-order chi connectivity index (χ1) is 7.38. The predicted octanol–water partition coefficient (Wildman–Crippen LogP) is 0.833. The highest BCUT2D eigenvalue weighted by molar-refractivity contribution is 5.46. The first kappa shape index (κ1) is 10.3. The summed E-state index contributed by atoms with van der Waals surface area (Å²) in [6, 6.07) is 8.86. The minimum atomic E-state index is 0.757. The number of ether oxygens (including phenoxy) is 1. The minimum Gasteiger partial charge on any atom is -0.497 e. The van der Waals surface area contributed by atoms with Crippen LogP contribution in [0.2, 0.25) is 0 Å². The van der Waals surface area contributed by atoms with Crippen molar-refractivity contribution in [3.05, 3.63) is 24.3 Å². The lowest BCUT2D eigenvalue weighted by Crippen LogP contribution is -2.87. The molecule has 3 heteroatoms. The Morgan fingerprint density at radius 2 is 2.20 bits per heavy atom. The Morgan fingerprint density at radius 1 is 1.40 bits per heavy atom. The maximum Gasteiger partial charge on any atom is 0.119 e. The van der Waals surface area contributed by atoms with Crippen LogP contribution in [0.3, 0.4) is 0 Å². The molecule has 0 amide bonds. The predicted molar refractivity (Wildman–Crippen MR) is 61.3 cm³/mol. The van der Waals surface area contributed by atoms with E-state index in [2.05, 4.69) is 22.8 Å². The van der Waals surface area contributed by atoms with Gasteiger partial charge in [-0.1, -0.05) is 0 Å². The number of methoxy groups -OCH3 is 1. The molecule has 1 aromatic carbocycles. The highest BCUT2D eigenvalue weighted by atomic mass is 16.5. The number of nitrogens with two attached hydrogens (primary N) is 1. The second-order valence-corrected chi connectivity index (χ2v) is 4.04. The molecular weight excluding hydrogens is 188 g/mol. The van der Waals surface area contributed by atoms with E-state index >= 15 is 0 Å². The zero-order valence-electron chi connectivity index (χ0n) is 9.20. The maximum absolute atomic E-state index is 5.11. The number of rotatable bonds is 4. The van der Waals surface area contributed by atoms with E-state index in [4.69, 9.17) is 4.74 Å². The lowest BCUT2D eigenvalue weighted by Gasteiger charge is -2.10. The van der Waals surface area contributed by atoms with Crippen LogP contribution in [0.1, 0.15) is 12.8 Å². The highest BCUT2D eigenvalue weighted by Gasteiger charge is 2.17. The van der Waals surface area contributed by atoms with E-state index in [0.717, 1.165) is 18.3 Å². The third-order valence-electron chi connectivity index (χ3n) is 2.94. The third kappa shape index (κ3) is 2.86. The average Bonchev–Trinajstić information content (AvgIpc) is 2.80. The van der Waals surface area contributed by atoms with Crippen molar-refractivity contribution in [2.45, 2.75) is 18.9 Å². The molecule has 0 radical (unpaired) electrons. The van der Waals surface area contributed by atoms with Crippen LogP contribution in [0.15, 0.2) is 24.3 Å². The van der Waals surface area contributed by atoms with Crippen molar-refractivity contribution in [1.82, 2.24) is 0 Å². The molecule has 0 bridgehead atoms. The van der Waals surface area contributed by atoms with Crippen molar-refractivity contribution in [2.24, 2.45) is 0 Å². The third-order valence-corrected chi connectivity index (χ3v) is 2.94. The first-order valence-corrected chi connectivity index (χ1v) is 5.60. The summed E-state index contributed by atoms with van der Waals surface area (Å²) < 4.78 is 5.11. The SMILES string of the molecule is COc1ccc(NC[C@@H]2CCC[NH2+]2)cc1. The average molecular weight is 207 g/mol. The standard InChI is InChI=1S/C12H18N2O/c1-15-12-6-4-10(5-7-12)14-9-11-3-2-8-13-11/h4-7,11,13-14H,2-3,8-9H2,1H3/p+1/t11-/m0/s1. The Labute approximate surface area is 90.8 Å². The van der Waals surface area contributed by atoms with Crippen molar-refractivity contribution in [3.63, 3.8) is 0 Å². The van der Waals surface area contributed by atoms with Crippen LogP contribution < -0.4 is 15.4 Å². The molecule has 0 aromatic heterocycles. The van der Waals surface area contributed by atoms with E-state index < -0.39 is 0 Å². The molecule has 0 spiro atoms. The Kier molecular flexibility index (Phi) is 3.45. The van der Waals surface area contributed by atoms with E-state index in [1.165, 1.54) is 25.1 Å². The number of quaternary nitrogens is 1. The van der Waals surface area contributed by atoms with Crippen LogP contribution in [0.5, 0.6) is 5.75 Å². The molecule has 0 saturated carbocycles. The van der Waals surface area contributed by atoms with Crippen molar-refractivity contribution in [2.75, 3.05) is 25.5 Å². The van der Waals surface area contributed by atoms with Gasteiger partial charge in [-0.2, -0.15) is 0 Å². The number of benzene rings is 1. The fraction of sp³-hybridized carbons (Fsp3) is 0.500. The van der Waals surface area contributed by atoms with E-state index in [0.29, 0.717) is 0 Å². The summed E-state index contributed by atoms with van der Waals surface area (Å²) in [5, 5.41) is 5.88. The topological polar surface area (TPSA) is 37.9 Å². The quantitative estimate of drug-likeness (QED) is 0.767. The van der Waals surface area contributed by atoms with E-state index in [1.54, 1.807) is 7.11 Å². The number of hydrogen-bond acceptors (Lipinski definition) is 2. The molecule has 1 aromatic rings. The zero-order valence-corrected chi connectivity index (χ0v) is 9.20. The minimum absolute atomic E-state index is 0.757. The molecule has 3 N–H and O–H groups in total. The molecule has 1 saturated heterocycles. The van der Waals surface area contributed by atoms with E-state index in [1.807, 2.05) is 12.1 Å². The molecule has 0 unspecified atom stereocenters. The van der Waals surface area contributed by atoms with Gasteiger partial charge in [0.15, 0.2) is 0 Å². The zero-order chi connectivity index (χ0) is 10.5. The molecule has 1 aliphatic heterocycles. The molecule has 1 fully saturated rings. The van der Waals surface area contributed by atoms with Gasteiger partial charge in [0.05, 0.1) is 20.2 Å². The Morgan fingerprint density at radius 3 is 2.80 bits per heavy atom. The van der Waals surface area contributed by atoms with Gasteiger partial charge in [-0.25, -0.2) is 0 Å². The number of nitrogens with one attached hydrogen (secondary N) is 1. The molecule has 15 heavy (non-hydrogen) atoms. The maximum atomic E-state index is 5.11. The van der Waals surface area contributed by atoms with Crippen LogP contribution in [-0.4, -0.2) is 26.2 Å². The fourth-order valence-electron chi connectivity index (χ4n) is 1.99. The number of anilines is 1. The van der Waals surface area contributed by atoms with Crippen LogP contribution >= 0.6 is 0 Å². The van der Waals surface area contributed by atoms with Gasteiger partial charge >= 0.3 is 0 Å². The summed E-state index contributed by atoms with van der Waals surface area (Å²) in [6.07, 6.45) is 2.69. The highest BCUT2D eigenvalue weighted by Crippen LogP contribution is 2.14. The van der Waals surface area contributed by atoms with Crippen molar-refractivity contribution >= 4 is 5.69 Å². The Hall–Kier alpha value is -1.22. The largest absolute Gasteiger partial charge is 0.497 e. The normalized spacial score (nSPS) is 20.2. The fourth-order valence-corrected chi connectivity index (χ4v) is 1.99. The lowest BCUT2D eigenvalue weighted by molar-refractivity contribution is -0.666. The summed E-state index contributed by atoms with van der Waals surface area (Å²) in [5.41, 5.74) is 1.18. The lowest BCUT2D eigenvalue weighted by atomic mass is 10.2. The molecule has 0 aliphatic carbocycles. The smallest absolute Gasteiger partial charge is 0.119 e.